The van der Waals surface area contributed by atoms with Crippen LogP contribution in [0, 0.1) is 13.8 Å². The fourth-order valence-corrected chi connectivity index (χ4v) is 2.30. The molecule has 0 unspecified atom stereocenters. The Hall–Kier alpha value is -0.510. The molecule has 0 aliphatic rings. The molecule has 6 heteroatoms. The van der Waals surface area contributed by atoms with Gasteiger partial charge in [-0.3, -0.25) is 4.89 Å². The Labute approximate surface area is 148 Å². The Morgan fingerprint density at radius 2 is 1.10 bits per heavy atom. The molecule has 0 saturated carbocycles. The molecule has 2 aromatic rings. The van der Waals surface area contributed by atoms with Crippen LogP contribution in [-0.2, 0) is 4.57 Å². The molecular weight excluding hydrogens is 303 g/mol. The van der Waals surface area contributed by atoms with Crippen molar-refractivity contribution in [3.8, 4) is 11.5 Å². The Morgan fingerprint density at radius 1 is 0.800 bits per heavy atom. The first-order valence-corrected chi connectivity index (χ1v) is 7.29. The first-order valence-electron chi connectivity index (χ1n) is 5.80. The van der Waals surface area contributed by atoms with Gasteiger partial charge >= 0.3 is 45.6 Å². The molecule has 2 rings (SSSR count). The summed E-state index contributed by atoms with van der Waals surface area (Å²) in [6.45, 7) is 3.84. The molecule has 4 nitrogen and oxygen atoms in total. The standard InChI is InChI=1S/C14H15O4P.Ca.2H/c1-11-3-7-13(8-4-11)17-19(15,16)18-14-9-5-12(2)6-10-14;;;/h3-10H,1-2H3,(H,15,16);;;. The number of phosphoric acid groups is 1. The van der Waals surface area contributed by atoms with Gasteiger partial charge in [0.2, 0.25) is 0 Å². The number of aryl methyl sites for hydroxylation is 2. The van der Waals surface area contributed by atoms with E-state index in [1.807, 2.05) is 13.8 Å². The average molecular weight is 320 g/mol. The van der Waals surface area contributed by atoms with E-state index in [1.54, 1.807) is 48.5 Å². The molecule has 0 bridgehead atoms. The van der Waals surface area contributed by atoms with Crippen molar-refractivity contribution in [1.82, 2.24) is 0 Å². The number of hydrogen-bond acceptors (Lipinski definition) is 3. The second-order valence-corrected chi connectivity index (χ2v) is 5.58. The molecule has 2 aromatic carbocycles. The van der Waals surface area contributed by atoms with Crippen molar-refractivity contribution >= 4 is 45.6 Å². The van der Waals surface area contributed by atoms with E-state index in [4.69, 9.17) is 9.05 Å². The van der Waals surface area contributed by atoms with Crippen LogP contribution in [0.5, 0.6) is 11.5 Å². The van der Waals surface area contributed by atoms with E-state index in [-0.39, 0.29) is 37.7 Å². The summed E-state index contributed by atoms with van der Waals surface area (Å²) in [5.41, 5.74) is 2.08. The van der Waals surface area contributed by atoms with Gasteiger partial charge in [0.15, 0.2) is 0 Å². The number of rotatable bonds is 4. The summed E-state index contributed by atoms with van der Waals surface area (Å²) in [5, 5.41) is 0. The van der Waals surface area contributed by atoms with Crippen LogP contribution in [0.2, 0.25) is 0 Å². The van der Waals surface area contributed by atoms with Crippen molar-refractivity contribution in [2.45, 2.75) is 13.8 Å². The van der Waals surface area contributed by atoms with Crippen molar-refractivity contribution in [2.75, 3.05) is 0 Å². The van der Waals surface area contributed by atoms with E-state index < -0.39 is 7.82 Å². The molecule has 20 heavy (non-hydrogen) atoms. The molecule has 0 atom stereocenters. The molecule has 1 N–H and O–H groups in total. The molecule has 0 saturated heterocycles. The zero-order valence-electron chi connectivity index (χ0n) is 10.7. The summed E-state index contributed by atoms with van der Waals surface area (Å²) >= 11 is 0. The van der Waals surface area contributed by atoms with E-state index in [0.29, 0.717) is 11.5 Å². The first kappa shape index (κ1) is 17.5. The Bertz CT molecular complexity index is 544. The molecule has 0 radical (unpaired) electrons. The predicted molar refractivity (Wildman–Crippen MR) is 82.0 cm³/mol. The van der Waals surface area contributed by atoms with Crippen LogP contribution >= 0.6 is 7.82 Å². The van der Waals surface area contributed by atoms with Gasteiger partial charge in [-0.05, 0) is 38.1 Å². The average Bonchev–Trinajstić information content (AvgIpc) is 2.34. The number of hydrogen-bond donors (Lipinski definition) is 1. The predicted octanol–water partition coefficient (Wildman–Crippen LogP) is 2.95. The summed E-state index contributed by atoms with van der Waals surface area (Å²) in [6, 6.07) is 13.7. The van der Waals surface area contributed by atoms with Crippen molar-refractivity contribution in [1.29, 1.82) is 0 Å². The van der Waals surface area contributed by atoms with E-state index in [2.05, 4.69) is 0 Å². The minimum absolute atomic E-state index is 0. The van der Waals surface area contributed by atoms with Crippen LogP contribution in [0.3, 0.4) is 0 Å². The molecule has 0 aromatic heterocycles. The SMILES string of the molecule is Cc1ccc(OP(=O)(O)Oc2ccc(C)cc2)cc1.[CaH2]. The third-order valence-electron chi connectivity index (χ3n) is 2.48. The van der Waals surface area contributed by atoms with Gasteiger partial charge in [-0.1, -0.05) is 35.4 Å². The maximum atomic E-state index is 11.8. The molecule has 0 aliphatic carbocycles. The van der Waals surface area contributed by atoms with E-state index in [1.165, 1.54) is 0 Å². The van der Waals surface area contributed by atoms with Gasteiger partial charge in [-0.25, -0.2) is 4.57 Å². The van der Waals surface area contributed by atoms with Gasteiger partial charge < -0.3 is 9.05 Å². The van der Waals surface area contributed by atoms with E-state index in [0.717, 1.165) is 11.1 Å². The third-order valence-corrected chi connectivity index (χ3v) is 3.37. The van der Waals surface area contributed by atoms with Gasteiger partial charge in [0, 0.05) is 0 Å². The van der Waals surface area contributed by atoms with Crippen molar-refractivity contribution in [3.63, 3.8) is 0 Å². The van der Waals surface area contributed by atoms with Crippen LogP contribution in [0.4, 0.5) is 0 Å². The van der Waals surface area contributed by atoms with Crippen molar-refractivity contribution in [3.05, 3.63) is 59.7 Å². The molecular formula is C14H17CaO4P. The summed E-state index contributed by atoms with van der Waals surface area (Å²) in [7, 11) is -4.17. The Kier molecular flexibility index (Phi) is 6.56. The van der Waals surface area contributed by atoms with Crippen LogP contribution in [0.25, 0.3) is 0 Å². The fourth-order valence-electron chi connectivity index (χ4n) is 1.48. The summed E-state index contributed by atoms with van der Waals surface area (Å²) in [6.07, 6.45) is 0. The Balaban J connectivity index is 0.00000200. The second-order valence-electron chi connectivity index (χ2n) is 4.28. The van der Waals surface area contributed by atoms with E-state index >= 15 is 0 Å². The van der Waals surface area contributed by atoms with Gasteiger partial charge in [0.1, 0.15) is 11.5 Å². The van der Waals surface area contributed by atoms with E-state index in [9.17, 15) is 9.46 Å². The first-order chi connectivity index (χ1) is 8.94. The minimum atomic E-state index is -4.17. The van der Waals surface area contributed by atoms with Crippen LogP contribution in [0.15, 0.2) is 48.5 Å². The second kappa shape index (κ2) is 7.48. The molecule has 0 fully saturated rings. The van der Waals surface area contributed by atoms with Crippen LogP contribution < -0.4 is 9.05 Å². The summed E-state index contributed by atoms with van der Waals surface area (Å²) in [4.78, 5) is 9.67. The monoisotopic (exact) mass is 320 g/mol. The third kappa shape index (κ3) is 5.47. The molecule has 0 heterocycles. The van der Waals surface area contributed by atoms with Crippen LogP contribution in [0.1, 0.15) is 11.1 Å². The van der Waals surface area contributed by atoms with Crippen molar-refractivity contribution in [2.24, 2.45) is 0 Å². The van der Waals surface area contributed by atoms with Crippen molar-refractivity contribution < 1.29 is 18.5 Å². The number of phosphoric ester groups is 1. The molecule has 0 amide bonds. The summed E-state index contributed by atoms with van der Waals surface area (Å²) in [5.74, 6) is 0.590. The fraction of sp³-hybridized carbons (Fsp3) is 0.143. The Morgan fingerprint density at radius 3 is 1.40 bits per heavy atom. The summed E-state index contributed by atoms with van der Waals surface area (Å²) < 4.78 is 21.8. The topological polar surface area (TPSA) is 55.8 Å². The quantitative estimate of drug-likeness (QED) is 0.695. The molecule has 0 spiro atoms. The van der Waals surface area contributed by atoms with Gasteiger partial charge in [0.05, 0.1) is 0 Å². The van der Waals surface area contributed by atoms with Gasteiger partial charge in [0.25, 0.3) is 0 Å². The zero-order chi connectivity index (χ0) is 13.9. The maximum absolute atomic E-state index is 11.8. The van der Waals surface area contributed by atoms with Gasteiger partial charge in [-0.2, -0.15) is 0 Å². The normalized spacial score (nSPS) is 10.6. The molecule has 104 valence electrons. The molecule has 0 aliphatic heterocycles. The zero-order valence-corrected chi connectivity index (χ0v) is 11.6. The van der Waals surface area contributed by atoms with Gasteiger partial charge in [-0.15, -0.1) is 0 Å². The number of benzene rings is 2. The van der Waals surface area contributed by atoms with Crippen LogP contribution in [-0.4, -0.2) is 42.6 Å².